The van der Waals surface area contributed by atoms with Crippen molar-refractivity contribution in [2.45, 2.75) is 27.7 Å². The summed E-state index contributed by atoms with van der Waals surface area (Å²) < 4.78 is 0. The van der Waals surface area contributed by atoms with Crippen molar-refractivity contribution in [2.24, 2.45) is 0 Å². The maximum absolute atomic E-state index is 8.94. The molecule has 0 aliphatic rings. The van der Waals surface area contributed by atoms with E-state index in [1.54, 1.807) is 12.1 Å². The standard InChI is InChI=1S/C8H10O.C2H6.H2/c1-6-3-4-8(9)5-7(6)2;1-2;/h3-5,9H,1-2H3;1-2H3;1H. The van der Waals surface area contributed by atoms with E-state index in [2.05, 4.69) is 0 Å². The lowest BCUT2D eigenvalue weighted by Crippen LogP contribution is -1.76. The maximum Gasteiger partial charge on any atom is 0.115 e. The second-order valence-corrected chi connectivity index (χ2v) is 2.27. The van der Waals surface area contributed by atoms with Crippen LogP contribution in [0.4, 0.5) is 0 Å². The number of hydrogen-bond donors (Lipinski definition) is 1. The predicted molar refractivity (Wildman–Crippen MR) is 51.0 cm³/mol. The number of phenolic OH excluding ortho intramolecular Hbond substituents is 1. The Labute approximate surface area is 70.2 Å². The second-order valence-electron chi connectivity index (χ2n) is 2.27. The Balaban J connectivity index is 0. The summed E-state index contributed by atoms with van der Waals surface area (Å²) in [4.78, 5) is 0. The minimum Gasteiger partial charge on any atom is -0.508 e. The molecule has 0 bridgehead atoms. The van der Waals surface area contributed by atoms with E-state index >= 15 is 0 Å². The molecule has 0 aromatic heterocycles. The number of phenols is 1. The normalized spacial score (nSPS) is 8.36. The first-order valence-corrected chi connectivity index (χ1v) is 3.96. The smallest absolute Gasteiger partial charge is 0.115 e. The van der Waals surface area contributed by atoms with Crippen molar-refractivity contribution >= 4 is 0 Å². The molecule has 0 saturated carbocycles. The minimum atomic E-state index is 0. The SMILES string of the molecule is CC.Cc1ccc(O)cc1C.[HH]. The molecule has 0 saturated heterocycles. The molecule has 0 aliphatic carbocycles. The van der Waals surface area contributed by atoms with Crippen LogP contribution in [0.5, 0.6) is 5.75 Å². The van der Waals surface area contributed by atoms with Crippen LogP contribution in [0.25, 0.3) is 0 Å². The summed E-state index contributed by atoms with van der Waals surface area (Å²) >= 11 is 0. The van der Waals surface area contributed by atoms with Crippen LogP contribution in [0.2, 0.25) is 0 Å². The molecule has 0 radical (unpaired) electrons. The second kappa shape index (κ2) is 4.78. The van der Waals surface area contributed by atoms with Gasteiger partial charge in [0.1, 0.15) is 5.75 Å². The largest absolute Gasteiger partial charge is 0.508 e. The maximum atomic E-state index is 8.94. The average molecular weight is 154 g/mol. The van der Waals surface area contributed by atoms with Crippen LogP contribution < -0.4 is 0 Å². The van der Waals surface area contributed by atoms with Crippen molar-refractivity contribution < 1.29 is 6.53 Å². The first kappa shape index (κ1) is 10.0. The number of aryl methyl sites for hydroxylation is 2. The fourth-order valence-electron chi connectivity index (χ4n) is 0.726. The molecule has 64 valence electrons. The summed E-state index contributed by atoms with van der Waals surface area (Å²) in [6.07, 6.45) is 0. The van der Waals surface area contributed by atoms with Crippen molar-refractivity contribution in [2.75, 3.05) is 0 Å². The summed E-state index contributed by atoms with van der Waals surface area (Å²) in [6.45, 7) is 8.00. The van der Waals surface area contributed by atoms with E-state index in [1.807, 2.05) is 33.8 Å². The summed E-state index contributed by atoms with van der Waals surface area (Å²) in [5.41, 5.74) is 2.35. The Morgan fingerprint density at radius 3 is 2.00 bits per heavy atom. The summed E-state index contributed by atoms with van der Waals surface area (Å²) in [5, 5.41) is 8.94. The molecular formula is C10H18O. The van der Waals surface area contributed by atoms with Gasteiger partial charge < -0.3 is 5.11 Å². The van der Waals surface area contributed by atoms with Crippen molar-refractivity contribution in [3.05, 3.63) is 29.3 Å². The van der Waals surface area contributed by atoms with Crippen molar-refractivity contribution in [3.8, 4) is 5.75 Å². The zero-order chi connectivity index (χ0) is 8.85. The Bertz CT molecular complexity index is 221. The lowest BCUT2D eigenvalue weighted by molar-refractivity contribution is 0.474. The highest BCUT2D eigenvalue weighted by Crippen LogP contribution is 2.13. The van der Waals surface area contributed by atoms with Gasteiger partial charge in [-0.05, 0) is 37.1 Å². The van der Waals surface area contributed by atoms with Gasteiger partial charge in [-0.25, -0.2) is 0 Å². The third-order valence-electron chi connectivity index (χ3n) is 1.49. The zero-order valence-electron chi connectivity index (χ0n) is 7.68. The first-order chi connectivity index (χ1) is 5.20. The van der Waals surface area contributed by atoms with Crippen molar-refractivity contribution in [1.82, 2.24) is 0 Å². The molecule has 0 fully saturated rings. The van der Waals surface area contributed by atoms with Gasteiger partial charge in [0.25, 0.3) is 0 Å². The van der Waals surface area contributed by atoms with Gasteiger partial charge in [-0.1, -0.05) is 19.9 Å². The van der Waals surface area contributed by atoms with E-state index in [0.717, 1.165) is 5.56 Å². The monoisotopic (exact) mass is 154 g/mol. The summed E-state index contributed by atoms with van der Waals surface area (Å²) in [6, 6.07) is 5.36. The molecule has 11 heavy (non-hydrogen) atoms. The number of aromatic hydroxyl groups is 1. The molecular weight excluding hydrogens is 136 g/mol. The summed E-state index contributed by atoms with van der Waals surface area (Å²) in [7, 11) is 0. The van der Waals surface area contributed by atoms with Crippen LogP contribution in [0.15, 0.2) is 18.2 Å². The predicted octanol–water partition coefficient (Wildman–Crippen LogP) is 3.28. The van der Waals surface area contributed by atoms with Gasteiger partial charge in [-0.3, -0.25) is 0 Å². The molecule has 0 aliphatic heterocycles. The fourth-order valence-corrected chi connectivity index (χ4v) is 0.726. The highest BCUT2D eigenvalue weighted by Gasteiger charge is 1.90. The Hall–Kier alpha value is -0.980. The van der Waals surface area contributed by atoms with Crippen molar-refractivity contribution in [1.29, 1.82) is 0 Å². The molecule has 1 aromatic carbocycles. The fraction of sp³-hybridized carbons (Fsp3) is 0.400. The van der Waals surface area contributed by atoms with Crippen LogP contribution in [0, 0.1) is 13.8 Å². The first-order valence-electron chi connectivity index (χ1n) is 3.96. The molecule has 1 heteroatoms. The Morgan fingerprint density at radius 1 is 1.09 bits per heavy atom. The average Bonchev–Trinajstić information content (AvgIpc) is 2.02. The van der Waals surface area contributed by atoms with Gasteiger partial charge in [0.2, 0.25) is 0 Å². The van der Waals surface area contributed by atoms with Crippen molar-refractivity contribution in [3.63, 3.8) is 0 Å². The van der Waals surface area contributed by atoms with Gasteiger partial charge >= 0.3 is 0 Å². The van der Waals surface area contributed by atoms with Crippen LogP contribution in [-0.2, 0) is 0 Å². The lowest BCUT2D eigenvalue weighted by Gasteiger charge is -1.97. The molecule has 1 N–H and O–H groups in total. The Morgan fingerprint density at radius 2 is 1.64 bits per heavy atom. The molecule has 0 heterocycles. The van der Waals surface area contributed by atoms with Crippen LogP contribution in [0.1, 0.15) is 26.4 Å². The van der Waals surface area contributed by atoms with E-state index < -0.39 is 0 Å². The molecule has 0 spiro atoms. The van der Waals surface area contributed by atoms with Gasteiger partial charge in [0, 0.05) is 1.43 Å². The topological polar surface area (TPSA) is 20.2 Å². The molecule has 1 rings (SSSR count). The highest BCUT2D eigenvalue weighted by atomic mass is 16.3. The van der Waals surface area contributed by atoms with E-state index in [0.29, 0.717) is 5.75 Å². The van der Waals surface area contributed by atoms with E-state index in [4.69, 9.17) is 5.11 Å². The third-order valence-corrected chi connectivity index (χ3v) is 1.49. The van der Waals surface area contributed by atoms with E-state index in [1.165, 1.54) is 5.56 Å². The lowest BCUT2D eigenvalue weighted by atomic mass is 10.1. The van der Waals surface area contributed by atoms with Crippen LogP contribution in [-0.4, -0.2) is 5.11 Å². The molecule has 1 nitrogen and oxygen atoms in total. The molecule has 0 amide bonds. The zero-order valence-corrected chi connectivity index (χ0v) is 7.68. The highest BCUT2D eigenvalue weighted by molar-refractivity contribution is 5.32. The van der Waals surface area contributed by atoms with Crippen LogP contribution >= 0.6 is 0 Å². The van der Waals surface area contributed by atoms with E-state index in [9.17, 15) is 0 Å². The number of benzene rings is 1. The summed E-state index contributed by atoms with van der Waals surface area (Å²) in [5.74, 6) is 0.345. The molecule has 0 unspecified atom stereocenters. The van der Waals surface area contributed by atoms with Gasteiger partial charge in [0.05, 0.1) is 0 Å². The number of hydrogen-bond acceptors (Lipinski definition) is 1. The molecule has 1 aromatic rings. The number of rotatable bonds is 0. The van der Waals surface area contributed by atoms with Gasteiger partial charge in [0.15, 0.2) is 0 Å². The minimum absolute atomic E-state index is 0. The Kier molecular flexibility index (Phi) is 4.35. The van der Waals surface area contributed by atoms with Crippen LogP contribution in [0.3, 0.4) is 0 Å². The van der Waals surface area contributed by atoms with Gasteiger partial charge in [-0.2, -0.15) is 0 Å². The molecule has 0 atom stereocenters. The van der Waals surface area contributed by atoms with E-state index in [-0.39, 0.29) is 1.43 Å². The van der Waals surface area contributed by atoms with Gasteiger partial charge in [-0.15, -0.1) is 0 Å². The quantitative estimate of drug-likeness (QED) is 0.608. The third kappa shape index (κ3) is 3.08.